The summed E-state index contributed by atoms with van der Waals surface area (Å²) in [6, 6.07) is 14.0. The first-order valence-corrected chi connectivity index (χ1v) is 12.0. The first-order chi connectivity index (χ1) is 17.3. The summed E-state index contributed by atoms with van der Waals surface area (Å²) in [5.41, 5.74) is 2.21. The molecular weight excluding hydrogens is 461 g/mol. The number of benzene rings is 2. The van der Waals surface area contributed by atoms with Gasteiger partial charge in [-0.15, -0.1) is 0 Å². The molecule has 0 atom stereocenters. The van der Waals surface area contributed by atoms with E-state index in [4.69, 9.17) is 4.74 Å². The first kappa shape index (κ1) is 23.9. The van der Waals surface area contributed by atoms with Crippen LogP contribution in [0.15, 0.2) is 66.6 Å². The molecule has 2 aliphatic heterocycles. The van der Waals surface area contributed by atoms with E-state index in [2.05, 4.69) is 6.92 Å². The molecule has 1 saturated heterocycles. The van der Waals surface area contributed by atoms with E-state index in [0.717, 1.165) is 28.6 Å². The maximum Gasteiger partial charge on any atom is 0.261 e. The van der Waals surface area contributed by atoms with Crippen molar-refractivity contribution in [3.8, 4) is 0 Å². The van der Waals surface area contributed by atoms with Gasteiger partial charge in [0, 0.05) is 49.4 Å². The van der Waals surface area contributed by atoms with Crippen molar-refractivity contribution in [1.29, 1.82) is 0 Å². The number of hydrogen-bond acceptors (Lipinski definition) is 4. The Hall–Kier alpha value is -3.78. The average Bonchev–Trinajstić information content (AvgIpc) is 3.42. The Morgan fingerprint density at radius 1 is 1.03 bits per heavy atom. The number of hydrogen-bond donors (Lipinski definition) is 0. The zero-order valence-electron chi connectivity index (χ0n) is 20.4. The van der Waals surface area contributed by atoms with Gasteiger partial charge in [0.05, 0.1) is 29.6 Å². The van der Waals surface area contributed by atoms with E-state index in [0.29, 0.717) is 36.1 Å². The Kier molecular flexibility index (Phi) is 6.22. The van der Waals surface area contributed by atoms with Gasteiger partial charge in [0.15, 0.2) is 0 Å². The molecule has 0 radical (unpaired) electrons. The molecule has 0 aliphatic carbocycles. The van der Waals surface area contributed by atoms with Gasteiger partial charge in [-0.3, -0.25) is 19.3 Å². The van der Waals surface area contributed by atoms with E-state index >= 15 is 0 Å². The predicted molar refractivity (Wildman–Crippen MR) is 133 cm³/mol. The number of aromatic nitrogens is 1. The normalized spacial score (nSPS) is 17.7. The second kappa shape index (κ2) is 9.35. The van der Waals surface area contributed by atoms with Crippen molar-refractivity contribution in [3.63, 3.8) is 0 Å². The van der Waals surface area contributed by atoms with Gasteiger partial charge in [0.25, 0.3) is 17.7 Å². The molecule has 3 amide bonds. The van der Waals surface area contributed by atoms with Crippen molar-refractivity contribution in [3.05, 3.63) is 83.3 Å². The molecule has 0 saturated carbocycles. The second-order valence-corrected chi connectivity index (χ2v) is 9.67. The molecule has 7 nitrogen and oxygen atoms in total. The second-order valence-electron chi connectivity index (χ2n) is 9.67. The molecule has 0 unspecified atom stereocenters. The first-order valence-electron chi connectivity index (χ1n) is 12.0. The lowest BCUT2D eigenvalue weighted by atomic mass is 9.93. The van der Waals surface area contributed by atoms with Gasteiger partial charge >= 0.3 is 0 Å². The lowest BCUT2D eigenvalue weighted by Crippen LogP contribution is -2.46. The monoisotopic (exact) mass is 489 g/mol. The van der Waals surface area contributed by atoms with Crippen LogP contribution in [-0.2, 0) is 11.3 Å². The zero-order chi connectivity index (χ0) is 25.4. The Morgan fingerprint density at radius 2 is 1.69 bits per heavy atom. The minimum atomic E-state index is -0.418. The standard InChI is InChI=1S/C28H28FN3O4/c1-28(36-2)10-13-30(14-11-28)25(33)21-7-8-24-20(15-21)9-12-31(24)17-19(16-29)18-32-26(34)22-5-3-4-6-23(22)27(32)35/h3-9,12,15-16H,10-11,13-14,17-18H2,1-2H3. The summed E-state index contributed by atoms with van der Waals surface area (Å²) in [6.07, 6.45) is 3.85. The van der Waals surface area contributed by atoms with Crippen LogP contribution in [0.2, 0.25) is 0 Å². The number of rotatable bonds is 6. The number of piperidine rings is 1. The molecule has 0 N–H and O–H groups in total. The van der Waals surface area contributed by atoms with Crippen LogP contribution >= 0.6 is 0 Å². The molecule has 36 heavy (non-hydrogen) atoms. The molecular formula is C28H28FN3O4. The van der Waals surface area contributed by atoms with Crippen LogP contribution in [-0.4, -0.2) is 64.4 Å². The topological polar surface area (TPSA) is 71.8 Å². The quantitative estimate of drug-likeness (QED) is 0.480. The zero-order valence-corrected chi connectivity index (χ0v) is 20.4. The van der Waals surface area contributed by atoms with Crippen LogP contribution in [0.25, 0.3) is 10.9 Å². The maximum atomic E-state index is 13.9. The van der Waals surface area contributed by atoms with Crippen molar-refractivity contribution in [2.24, 2.45) is 0 Å². The van der Waals surface area contributed by atoms with Gasteiger partial charge in [-0.1, -0.05) is 12.1 Å². The number of halogens is 1. The third-order valence-electron chi connectivity index (χ3n) is 7.39. The molecule has 1 aromatic heterocycles. The fourth-order valence-corrected chi connectivity index (χ4v) is 4.96. The summed E-state index contributed by atoms with van der Waals surface area (Å²) in [5.74, 6) is -0.851. The summed E-state index contributed by atoms with van der Waals surface area (Å²) >= 11 is 0. The van der Waals surface area contributed by atoms with Crippen LogP contribution < -0.4 is 0 Å². The number of imide groups is 1. The molecule has 186 valence electrons. The van der Waals surface area contributed by atoms with Gasteiger partial charge in [-0.25, -0.2) is 4.39 Å². The summed E-state index contributed by atoms with van der Waals surface area (Å²) in [7, 11) is 1.71. The van der Waals surface area contributed by atoms with Gasteiger partial charge in [-0.05, 0) is 61.7 Å². The van der Waals surface area contributed by atoms with Crippen LogP contribution in [0.3, 0.4) is 0 Å². The Labute approximate surface area is 208 Å². The molecule has 2 aromatic carbocycles. The molecule has 0 spiro atoms. The van der Waals surface area contributed by atoms with Crippen LogP contribution in [0.5, 0.6) is 0 Å². The molecule has 1 fully saturated rings. The average molecular weight is 490 g/mol. The Balaban J connectivity index is 1.29. The third kappa shape index (κ3) is 4.22. The Morgan fingerprint density at radius 3 is 2.31 bits per heavy atom. The van der Waals surface area contributed by atoms with Crippen LogP contribution in [0.1, 0.15) is 50.8 Å². The smallest absolute Gasteiger partial charge is 0.261 e. The van der Waals surface area contributed by atoms with Gasteiger partial charge in [0.1, 0.15) is 0 Å². The Bertz CT molecular complexity index is 1350. The van der Waals surface area contributed by atoms with Crippen LogP contribution in [0.4, 0.5) is 4.39 Å². The van der Waals surface area contributed by atoms with Gasteiger partial charge in [-0.2, -0.15) is 0 Å². The largest absolute Gasteiger partial charge is 0.378 e. The number of fused-ring (bicyclic) bond motifs is 2. The highest BCUT2D eigenvalue weighted by molar-refractivity contribution is 6.21. The summed E-state index contributed by atoms with van der Waals surface area (Å²) in [4.78, 5) is 41.3. The number of carbonyl (C=O) groups excluding carboxylic acids is 3. The molecule has 0 bridgehead atoms. The third-order valence-corrected chi connectivity index (χ3v) is 7.39. The molecule has 2 aliphatic rings. The van der Waals surface area contributed by atoms with Crippen molar-refractivity contribution in [1.82, 2.24) is 14.4 Å². The highest BCUT2D eigenvalue weighted by Gasteiger charge is 2.35. The number of likely N-dealkylation sites (tertiary alicyclic amines) is 1. The fraction of sp³-hybridized carbons (Fsp3) is 0.321. The van der Waals surface area contributed by atoms with Gasteiger partial charge < -0.3 is 14.2 Å². The van der Waals surface area contributed by atoms with E-state index in [1.807, 2.05) is 33.9 Å². The molecule has 3 aromatic rings. The van der Waals surface area contributed by atoms with E-state index < -0.39 is 11.8 Å². The lowest BCUT2D eigenvalue weighted by Gasteiger charge is -2.38. The minimum absolute atomic E-state index is 0.0160. The van der Waals surface area contributed by atoms with Gasteiger partial charge in [0.2, 0.25) is 0 Å². The highest BCUT2D eigenvalue weighted by Crippen LogP contribution is 2.28. The molecule has 5 rings (SSSR count). The van der Waals surface area contributed by atoms with Crippen molar-refractivity contribution < 1.29 is 23.5 Å². The number of methoxy groups -OCH3 is 1. The molecule has 8 heteroatoms. The van der Waals surface area contributed by atoms with E-state index in [9.17, 15) is 18.8 Å². The van der Waals surface area contributed by atoms with Crippen molar-refractivity contribution in [2.45, 2.75) is 31.9 Å². The number of amides is 3. The van der Waals surface area contributed by atoms with Crippen LogP contribution in [0, 0.1) is 0 Å². The molecule has 3 heterocycles. The summed E-state index contributed by atoms with van der Waals surface area (Å²) in [6.45, 7) is 3.39. The lowest BCUT2D eigenvalue weighted by molar-refractivity contribution is -0.0379. The summed E-state index contributed by atoms with van der Waals surface area (Å²) < 4.78 is 21.3. The SMILES string of the molecule is COC1(C)CCN(C(=O)c2ccc3c(ccn3CC(=CF)CN3C(=O)c4ccccc4C3=O)c2)CC1. The summed E-state index contributed by atoms with van der Waals surface area (Å²) in [5, 5.41) is 0.860. The van der Waals surface area contributed by atoms with Crippen molar-refractivity contribution >= 4 is 28.6 Å². The fourth-order valence-electron chi connectivity index (χ4n) is 4.96. The van der Waals surface area contributed by atoms with Crippen molar-refractivity contribution in [2.75, 3.05) is 26.7 Å². The number of nitrogens with zero attached hydrogens (tertiary/aromatic N) is 3. The van der Waals surface area contributed by atoms with E-state index in [-0.39, 0.29) is 30.2 Å². The predicted octanol–water partition coefficient (Wildman–Crippen LogP) is 4.43. The number of carbonyl (C=O) groups is 3. The highest BCUT2D eigenvalue weighted by atomic mass is 19.1. The minimum Gasteiger partial charge on any atom is -0.378 e. The maximum absolute atomic E-state index is 13.9. The van der Waals surface area contributed by atoms with E-state index in [1.165, 1.54) is 0 Å². The van der Waals surface area contributed by atoms with E-state index in [1.54, 1.807) is 37.4 Å². The number of ether oxygens (including phenoxy) is 1.